The van der Waals surface area contributed by atoms with E-state index in [0.29, 0.717) is 12.8 Å². The third-order valence-corrected chi connectivity index (χ3v) is 12.7. The van der Waals surface area contributed by atoms with Crippen molar-refractivity contribution in [1.82, 2.24) is 0 Å². The molecule has 0 bridgehead atoms. The summed E-state index contributed by atoms with van der Waals surface area (Å²) in [5, 5.41) is 9.64. The summed E-state index contributed by atoms with van der Waals surface area (Å²) in [6, 6.07) is 0. The summed E-state index contributed by atoms with van der Waals surface area (Å²) in [4.78, 5) is 24.5. The molecule has 0 aromatic rings. The standard InChI is InChI=1S/C58H108O5/c1-3-5-7-9-11-13-15-17-19-21-23-24-25-26-27-28-29-30-31-32-33-34-35-37-39-41-43-45-47-49-51-53-58(61)63-56(54-59)55-62-57(60)52-50-48-46-44-42-40-38-36-22-20-18-16-14-12-10-8-6-4-2/h15,17,20-23,56,59H,3-14,16,18-19,24-55H2,1-2H3/b17-15-,22-20-,23-21-. The molecule has 0 aliphatic carbocycles. The number of unbranched alkanes of at least 4 members (excludes halogenated alkanes) is 38. The highest BCUT2D eigenvalue weighted by molar-refractivity contribution is 5.70. The molecule has 0 saturated carbocycles. The summed E-state index contributed by atoms with van der Waals surface area (Å²) >= 11 is 0. The Bertz CT molecular complexity index is 1000. The number of hydrogen-bond acceptors (Lipinski definition) is 5. The molecular weight excluding hydrogens is 777 g/mol. The van der Waals surface area contributed by atoms with Gasteiger partial charge in [0.1, 0.15) is 6.61 Å². The van der Waals surface area contributed by atoms with Crippen LogP contribution in [0.3, 0.4) is 0 Å². The van der Waals surface area contributed by atoms with Gasteiger partial charge in [-0.05, 0) is 70.6 Å². The quantitative estimate of drug-likeness (QED) is 0.0374. The topological polar surface area (TPSA) is 72.8 Å². The Hall–Kier alpha value is -1.88. The van der Waals surface area contributed by atoms with Crippen LogP contribution in [0.5, 0.6) is 0 Å². The van der Waals surface area contributed by atoms with Crippen molar-refractivity contribution in [2.75, 3.05) is 13.2 Å². The fraction of sp³-hybridized carbons (Fsp3) is 0.862. The van der Waals surface area contributed by atoms with Crippen molar-refractivity contribution >= 4 is 11.9 Å². The molecule has 63 heavy (non-hydrogen) atoms. The maximum absolute atomic E-state index is 12.3. The third kappa shape index (κ3) is 52.6. The van der Waals surface area contributed by atoms with Crippen LogP contribution in [-0.4, -0.2) is 36.4 Å². The van der Waals surface area contributed by atoms with E-state index in [1.54, 1.807) is 0 Å². The molecule has 0 rings (SSSR count). The Kier molecular flexibility index (Phi) is 52.8. The van der Waals surface area contributed by atoms with Crippen LogP contribution in [0.4, 0.5) is 0 Å². The van der Waals surface area contributed by atoms with Gasteiger partial charge in [-0.15, -0.1) is 0 Å². The summed E-state index contributed by atoms with van der Waals surface area (Å²) in [5.41, 5.74) is 0. The number of rotatable bonds is 52. The van der Waals surface area contributed by atoms with Gasteiger partial charge in [0, 0.05) is 12.8 Å². The number of aliphatic hydroxyl groups is 1. The van der Waals surface area contributed by atoms with E-state index in [0.717, 1.165) is 44.9 Å². The molecule has 0 aromatic heterocycles. The molecule has 0 aliphatic rings. The molecule has 0 amide bonds. The zero-order chi connectivity index (χ0) is 45.6. The first-order valence-electron chi connectivity index (χ1n) is 28.0. The number of hydrogen-bond donors (Lipinski definition) is 1. The lowest BCUT2D eigenvalue weighted by molar-refractivity contribution is -0.161. The van der Waals surface area contributed by atoms with Gasteiger partial charge in [-0.25, -0.2) is 0 Å². The lowest BCUT2D eigenvalue weighted by Gasteiger charge is -2.15. The van der Waals surface area contributed by atoms with E-state index < -0.39 is 6.10 Å². The second-order valence-corrected chi connectivity index (χ2v) is 19.0. The van der Waals surface area contributed by atoms with Gasteiger partial charge in [-0.3, -0.25) is 9.59 Å². The molecule has 0 aromatic carbocycles. The van der Waals surface area contributed by atoms with Crippen molar-refractivity contribution in [3.8, 4) is 0 Å². The van der Waals surface area contributed by atoms with E-state index in [9.17, 15) is 14.7 Å². The van der Waals surface area contributed by atoms with E-state index in [2.05, 4.69) is 50.3 Å². The number of carbonyl (C=O) groups excluding carboxylic acids is 2. The highest BCUT2D eigenvalue weighted by Crippen LogP contribution is 2.17. The van der Waals surface area contributed by atoms with Gasteiger partial charge in [0.2, 0.25) is 0 Å². The molecule has 0 fully saturated rings. The van der Waals surface area contributed by atoms with Crippen molar-refractivity contribution in [3.05, 3.63) is 36.5 Å². The average Bonchev–Trinajstić information content (AvgIpc) is 3.29. The van der Waals surface area contributed by atoms with E-state index in [4.69, 9.17) is 9.47 Å². The number of esters is 2. The third-order valence-electron chi connectivity index (χ3n) is 12.7. The van der Waals surface area contributed by atoms with Crippen LogP contribution in [0.25, 0.3) is 0 Å². The first-order valence-corrected chi connectivity index (χ1v) is 28.0. The molecule has 370 valence electrons. The molecule has 1 unspecified atom stereocenters. The fourth-order valence-corrected chi connectivity index (χ4v) is 8.41. The Morgan fingerprint density at radius 1 is 0.365 bits per heavy atom. The molecular formula is C58H108O5. The van der Waals surface area contributed by atoms with Crippen LogP contribution in [0.2, 0.25) is 0 Å². The molecule has 0 heterocycles. The van der Waals surface area contributed by atoms with Crippen molar-refractivity contribution in [2.45, 2.75) is 309 Å². The Morgan fingerprint density at radius 3 is 0.952 bits per heavy atom. The molecule has 5 nitrogen and oxygen atoms in total. The Morgan fingerprint density at radius 2 is 0.635 bits per heavy atom. The normalized spacial score (nSPS) is 12.4. The van der Waals surface area contributed by atoms with Gasteiger partial charge in [0.25, 0.3) is 0 Å². The predicted octanol–water partition coefficient (Wildman–Crippen LogP) is 18.7. The maximum Gasteiger partial charge on any atom is 0.306 e. The first-order chi connectivity index (χ1) is 31.1. The van der Waals surface area contributed by atoms with Gasteiger partial charge < -0.3 is 14.6 Å². The zero-order valence-corrected chi connectivity index (χ0v) is 42.4. The summed E-state index contributed by atoms with van der Waals surface area (Å²) < 4.78 is 10.7. The van der Waals surface area contributed by atoms with E-state index in [-0.39, 0.29) is 25.2 Å². The average molecular weight is 885 g/mol. The van der Waals surface area contributed by atoms with Gasteiger partial charge in [0.05, 0.1) is 6.61 Å². The van der Waals surface area contributed by atoms with Crippen LogP contribution in [-0.2, 0) is 19.1 Å². The van der Waals surface area contributed by atoms with Crippen molar-refractivity contribution in [2.24, 2.45) is 0 Å². The highest BCUT2D eigenvalue weighted by atomic mass is 16.6. The van der Waals surface area contributed by atoms with Gasteiger partial charge in [-0.2, -0.15) is 0 Å². The van der Waals surface area contributed by atoms with Gasteiger partial charge >= 0.3 is 11.9 Å². The smallest absolute Gasteiger partial charge is 0.306 e. The lowest BCUT2D eigenvalue weighted by Crippen LogP contribution is -2.28. The van der Waals surface area contributed by atoms with Gasteiger partial charge in [-0.1, -0.05) is 256 Å². The summed E-state index contributed by atoms with van der Waals surface area (Å²) in [6.07, 6.45) is 69.8. The van der Waals surface area contributed by atoms with E-state index in [1.165, 1.54) is 231 Å². The van der Waals surface area contributed by atoms with Crippen LogP contribution < -0.4 is 0 Å². The summed E-state index contributed by atoms with van der Waals surface area (Å²) in [5.74, 6) is -0.580. The fourth-order valence-electron chi connectivity index (χ4n) is 8.41. The minimum absolute atomic E-state index is 0.0639. The Balaban J connectivity index is 3.43. The zero-order valence-electron chi connectivity index (χ0n) is 42.4. The SMILES string of the molecule is CCCCCCC/C=C\C/C=C\CCCCCCCCCCCCCCCCCCCCCC(=O)OC(CO)COC(=O)CCCCCCCCC/C=C\CCCCCCCCC. The van der Waals surface area contributed by atoms with Crippen LogP contribution in [0.15, 0.2) is 36.5 Å². The number of allylic oxidation sites excluding steroid dienone is 6. The largest absolute Gasteiger partial charge is 0.462 e. The van der Waals surface area contributed by atoms with E-state index in [1.807, 2.05) is 0 Å². The van der Waals surface area contributed by atoms with Crippen LogP contribution in [0, 0.1) is 0 Å². The molecule has 5 heteroatoms. The molecule has 0 aliphatic heterocycles. The van der Waals surface area contributed by atoms with E-state index >= 15 is 0 Å². The monoisotopic (exact) mass is 885 g/mol. The first kappa shape index (κ1) is 61.1. The van der Waals surface area contributed by atoms with Crippen LogP contribution >= 0.6 is 0 Å². The lowest BCUT2D eigenvalue weighted by atomic mass is 10.0. The Labute approximate surface area is 393 Å². The summed E-state index contributed by atoms with van der Waals surface area (Å²) in [6.45, 7) is 4.16. The maximum atomic E-state index is 12.3. The second-order valence-electron chi connectivity index (χ2n) is 19.0. The van der Waals surface area contributed by atoms with Crippen molar-refractivity contribution in [1.29, 1.82) is 0 Å². The second kappa shape index (κ2) is 54.5. The molecule has 1 N–H and O–H groups in total. The van der Waals surface area contributed by atoms with Crippen LogP contribution in [0.1, 0.15) is 303 Å². The minimum atomic E-state index is -0.771. The predicted molar refractivity (Wildman–Crippen MR) is 274 cm³/mol. The number of ether oxygens (including phenoxy) is 2. The molecule has 0 saturated heterocycles. The highest BCUT2D eigenvalue weighted by Gasteiger charge is 2.16. The van der Waals surface area contributed by atoms with Gasteiger partial charge in [0.15, 0.2) is 6.10 Å². The number of carbonyl (C=O) groups is 2. The number of aliphatic hydroxyl groups excluding tert-OH is 1. The minimum Gasteiger partial charge on any atom is -0.462 e. The molecule has 0 radical (unpaired) electrons. The van der Waals surface area contributed by atoms with Crippen molar-refractivity contribution in [3.63, 3.8) is 0 Å². The summed E-state index contributed by atoms with van der Waals surface area (Å²) in [7, 11) is 0. The molecule has 1 atom stereocenters. The molecule has 0 spiro atoms. The van der Waals surface area contributed by atoms with Crippen molar-refractivity contribution < 1.29 is 24.2 Å².